The van der Waals surface area contributed by atoms with Gasteiger partial charge in [0.05, 0.1) is 19.4 Å². The second-order valence-electron chi connectivity index (χ2n) is 4.52. The minimum absolute atomic E-state index is 0.801. The lowest BCUT2D eigenvalue weighted by Crippen LogP contribution is -2.35. The van der Waals surface area contributed by atoms with Crippen LogP contribution in [-0.2, 0) is 11.3 Å². The number of hydrogen-bond donors (Lipinski definition) is 1. The predicted molar refractivity (Wildman–Crippen MR) is 66.9 cm³/mol. The van der Waals surface area contributed by atoms with E-state index in [2.05, 4.69) is 10.2 Å². The van der Waals surface area contributed by atoms with Crippen LogP contribution in [0.3, 0.4) is 0 Å². The normalized spacial score (nSPS) is 15.6. The van der Waals surface area contributed by atoms with Gasteiger partial charge < -0.3 is 14.5 Å². The van der Waals surface area contributed by atoms with E-state index in [9.17, 15) is 0 Å². The van der Waals surface area contributed by atoms with Gasteiger partial charge in [-0.15, -0.1) is 0 Å². The predicted octanol–water partition coefficient (Wildman–Crippen LogP) is 1.48. The van der Waals surface area contributed by atoms with E-state index in [0.29, 0.717) is 0 Å². The van der Waals surface area contributed by atoms with Gasteiger partial charge in [-0.1, -0.05) is 0 Å². The summed E-state index contributed by atoms with van der Waals surface area (Å²) in [6.45, 7) is 4.78. The lowest BCUT2D eigenvalue weighted by atomic mass is 10.4. The van der Waals surface area contributed by atoms with Crippen LogP contribution >= 0.6 is 0 Å². The highest BCUT2D eigenvalue weighted by molar-refractivity contribution is 4.97. The number of furan rings is 1. The zero-order chi connectivity index (χ0) is 11.9. The molecule has 0 spiro atoms. The summed E-state index contributed by atoms with van der Waals surface area (Å²) in [7, 11) is 1.76. The van der Waals surface area contributed by atoms with E-state index >= 15 is 0 Å². The van der Waals surface area contributed by atoms with E-state index in [1.54, 1.807) is 13.4 Å². The third-order valence-corrected chi connectivity index (χ3v) is 3.10. The average molecular weight is 238 g/mol. The molecule has 0 aliphatic heterocycles. The number of rotatable bonds is 9. The smallest absolute Gasteiger partial charge is 0.117 e. The number of hydrogen-bond acceptors (Lipinski definition) is 4. The monoisotopic (exact) mass is 238 g/mol. The lowest BCUT2D eigenvalue weighted by Gasteiger charge is -2.21. The van der Waals surface area contributed by atoms with E-state index < -0.39 is 0 Å². The van der Waals surface area contributed by atoms with Crippen molar-refractivity contribution in [3.8, 4) is 0 Å². The Labute approximate surface area is 103 Å². The van der Waals surface area contributed by atoms with E-state index in [1.807, 2.05) is 12.1 Å². The van der Waals surface area contributed by atoms with Crippen LogP contribution in [-0.4, -0.2) is 44.3 Å². The Morgan fingerprint density at radius 2 is 2.35 bits per heavy atom. The van der Waals surface area contributed by atoms with Crippen molar-refractivity contribution in [2.45, 2.75) is 25.4 Å². The maximum Gasteiger partial charge on any atom is 0.117 e. The highest BCUT2D eigenvalue weighted by Crippen LogP contribution is 2.25. The van der Waals surface area contributed by atoms with Crippen LogP contribution < -0.4 is 5.32 Å². The molecule has 1 saturated carbocycles. The van der Waals surface area contributed by atoms with Crippen molar-refractivity contribution < 1.29 is 9.15 Å². The van der Waals surface area contributed by atoms with Crippen LogP contribution in [0.1, 0.15) is 18.6 Å². The summed E-state index contributed by atoms with van der Waals surface area (Å²) in [5, 5.41) is 3.40. The average Bonchev–Trinajstić information content (AvgIpc) is 3.05. The van der Waals surface area contributed by atoms with Crippen LogP contribution in [0.4, 0.5) is 0 Å². The van der Waals surface area contributed by atoms with Gasteiger partial charge in [-0.25, -0.2) is 0 Å². The molecular weight excluding hydrogens is 216 g/mol. The van der Waals surface area contributed by atoms with Crippen molar-refractivity contribution in [3.05, 3.63) is 24.2 Å². The van der Waals surface area contributed by atoms with Gasteiger partial charge in [0, 0.05) is 32.8 Å². The maximum absolute atomic E-state index is 5.27. The molecule has 1 aliphatic carbocycles. The summed E-state index contributed by atoms with van der Waals surface area (Å²) in [6, 6.07) is 4.72. The van der Waals surface area contributed by atoms with E-state index in [-0.39, 0.29) is 0 Å². The quantitative estimate of drug-likeness (QED) is 0.661. The van der Waals surface area contributed by atoms with Gasteiger partial charge in [0.2, 0.25) is 0 Å². The fraction of sp³-hybridized carbons (Fsp3) is 0.692. The van der Waals surface area contributed by atoms with Crippen molar-refractivity contribution in [3.63, 3.8) is 0 Å². The molecular formula is C13H22N2O2. The molecule has 1 aliphatic rings. The van der Waals surface area contributed by atoms with Gasteiger partial charge in [0.1, 0.15) is 5.76 Å². The van der Waals surface area contributed by atoms with Crippen molar-refractivity contribution in [2.75, 3.05) is 33.4 Å². The highest BCUT2D eigenvalue weighted by Gasteiger charge is 2.27. The number of ether oxygens (including phenoxy) is 1. The maximum atomic E-state index is 5.27. The van der Waals surface area contributed by atoms with Gasteiger partial charge in [-0.05, 0) is 25.0 Å². The van der Waals surface area contributed by atoms with Crippen LogP contribution in [0, 0.1) is 0 Å². The zero-order valence-corrected chi connectivity index (χ0v) is 10.5. The summed E-state index contributed by atoms with van der Waals surface area (Å²) in [6.07, 6.45) is 4.41. The van der Waals surface area contributed by atoms with Gasteiger partial charge in [0.25, 0.3) is 0 Å². The molecule has 0 aromatic carbocycles. The standard InChI is InChI=1S/C13H22N2O2/c1-16-10-8-15(12-4-5-12)7-6-14-11-13-3-2-9-17-13/h2-3,9,12,14H,4-8,10-11H2,1H3. The van der Waals surface area contributed by atoms with E-state index in [4.69, 9.17) is 9.15 Å². The zero-order valence-electron chi connectivity index (χ0n) is 10.5. The second-order valence-corrected chi connectivity index (χ2v) is 4.52. The Hall–Kier alpha value is -0.840. The third-order valence-electron chi connectivity index (χ3n) is 3.10. The first kappa shape index (κ1) is 12.6. The van der Waals surface area contributed by atoms with Gasteiger partial charge in [-0.3, -0.25) is 4.90 Å². The first-order chi connectivity index (χ1) is 8.40. The van der Waals surface area contributed by atoms with Crippen LogP contribution in [0.15, 0.2) is 22.8 Å². The fourth-order valence-corrected chi connectivity index (χ4v) is 1.97. The minimum atomic E-state index is 0.801. The van der Waals surface area contributed by atoms with Gasteiger partial charge in [0.15, 0.2) is 0 Å². The highest BCUT2D eigenvalue weighted by atomic mass is 16.5. The molecule has 17 heavy (non-hydrogen) atoms. The Morgan fingerprint density at radius 3 is 3.00 bits per heavy atom. The summed E-state index contributed by atoms with van der Waals surface area (Å²) in [5.74, 6) is 1.000. The Bertz CT molecular complexity index is 296. The Kier molecular flexibility index (Phi) is 5.04. The van der Waals surface area contributed by atoms with Crippen molar-refractivity contribution in [1.82, 2.24) is 10.2 Å². The number of nitrogens with zero attached hydrogens (tertiary/aromatic N) is 1. The molecule has 1 heterocycles. The van der Waals surface area contributed by atoms with Gasteiger partial charge in [-0.2, -0.15) is 0 Å². The molecule has 1 N–H and O–H groups in total. The fourth-order valence-electron chi connectivity index (χ4n) is 1.97. The van der Waals surface area contributed by atoms with Crippen molar-refractivity contribution in [1.29, 1.82) is 0 Å². The molecule has 0 unspecified atom stereocenters. The first-order valence-electron chi connectivity index (χ1n) is 6.36. The molecule has 1 fully saturated rings. The van der Waals surface area contributed by atoms with Crippen LogP contribution in [0.5, 0.6) is 0 Å². The largest absolute Gasteiger partial charge is 0.468 e. The molecule has 4 nitrogen and oxygen atoms in total. The Morgan fingerprint density at radius 1 is 1.47 bits per heavy atom. The summed E-state index contributed by atoms with van der Waals surface area (Å²) < 4.78 is 10.4. The van der Waals surface area contributed by atoms with Crippen molar-refractivity contribution >= 4 is 0 Å². The SMILES string of the molecule is COCCN(CCNCc1ccco1)C1CC1. The minimum Gasteiger partial charge on any atom is -0.468 e. The molecule has 0 atom stereocenters. The molecule has 2 rings (SSSR count). The topological polar surface area (TPSA) is 37.6 Å². The Balaban J connectivity index is 1.58. The summed E-state index contributed by atoms with van der Waals surface area (Å²) in [4.78, 5) is 2.51. The van der Waals surface area contributed by atoms with Crippen LogP contribution in [0.25, 0.3) is 0 Å². The molecule has 4 heteroatoms. The summed E-state index contributed by atoms with van der Waals surface area (Å²) >= 11 is 0. The number of nitrogens with one attached hydrogen (secondary N) is 1. The third kappa shape index (κ3) is 4.50. The molecule has 0 saturated heterocycles. The van der Waals surface area contributed by atoms with E-state index in [0.717, 1.165) is 44.6 Å². The first-order valence-corrected chi connectivity index (χ1v) is 6.36. The molecule has 0 bridgehead atoms. The molecule has 96 valence electrons. The second kappa shape index (κ2) is 6.79. The van der Waals surface area contributed by atoms with Gasteiger partial charge >= 0.3 is 0 Å². The van der Waals surface area contributed by atoms with E-state index in [1.165, 1.54) is 12.8 Å². The molecule has 0 radical (unpaired) electrons. The van der Waals surface area contributed by atoms with Crippen LogP contribution in [0.2, 0.25) is 0 Å². The molecule has 0 amide bonds. The molecule has 1 aromatic heterocycles. The summed E-state index contributed by atoms with van der Waals surface area (Å²) in [5.41, 5.74) is 0. The van der Waals surface area contributed by atoms with Crippen molar-refractivity contribution in [2.24, 2.45) is 0 Å². The lowest BCUT2D eigenvalue weighted by molar-refractivity contribution is 0.143. The molecule has 1 aromatic rings. The number of methoxy groups -OCH3 is 1.